The maximum Gasteiger partial charge on any atom is 0.143 e. The van der Waals surface area contributed by atoms with Gasteiger partial charge in [-0.05, 0) is 250 Å². The lowest BCUT2D eigenvalue weighted by molar-refractivity contribution is 0.670. The van der Waals surface area contributed by atoms with Gasteiger partial charge in [0.2, 0.25) is 0 Å². The summed E-state index contributed by atoms with van der Waals surface area (Å²) in [6.07, 6.45) is 0. The molecule has 1 N–H and O–H groups in total. The lowest BCUT2D eigenvalue weighted by atomic mass is 9.92. The zero-order valence-corrected chi connectivity index (χ0v) is 74.1. The molecule has 0 aliphatic carbocycles. The first-order valence-corrected chi connectivity index (χ1v) is 46.1. The zero-order valence-electron chi connectivity index (χ0n) is 72.5. The van der Waals surface area contributed by atoms with Gasteiger partial charge in [-0.2, -0.15) is 0 Å². The van der Waals surface area contributed by atoms with Crippen molar-refractivity contribution in [3.8, 4) is 89.0 Å². The molecule has 0 saturated heterocycles. The standard InChI is InChI=1S/C64H41NO.C40H27N.C24H15BrO/c1-2-16-42(17-3-1)53-30-14-32-59-60-33-15-31-54(64(60)66-63(53)59)43-34-36-48(37-35-43)65(49-22-12-20-44(38-49)61-40-46-18-4-6-24-51(46)55-26-8-10-28-57(55)61)50-23-13-21-45(39-50)62-41-47-19-5-7-25-52(47)56-27-9-11-29-58(56)62;1-3-17-33-29(11-1)25-39(37-21-7-5-19-35(33)37)27-13-9-15-31(23-27)41-32-16-10-14-28(24-32)40-26-30-12-2-4-18-34(30)36-20-6-8-22-38(36)40;25-18-14-12-17(13-15-18)20-9-5-11-22-21-10-4-8-19(23(21)26-24(20)22)16-6-2-1-3-7-16/h1-41H;1-26,41H;1-15H. The van der Waals surface area contributed by atoms with Crippen LogP contribution in [-0.4, -0.2) is 0 Å². The van der Waals surface area contributed by atoms with Crippen molar-refractivity contribution in [3.05, 3.63) is 502 Å². The van der Waals surface area contributed by atoms with Crippen molar-refractivity contribution in [1.29, 1.82) is 0 Å². The summed E-state index contributed by atoms with van der Waals surface area (Å²) < 4.78 is 14.4. The summed E-state index contributed by atoms with van der Waals surface area (Å²) >= 11 is 3.51. The van der Waals surface area contributed by atoms with Crippen LogP contribution in [0, 0.1) is 0 Å². The van der Waals surface area contributed by atoms with Crippen LogP contribution in [0.2, 0.25) is 0 Å². The predicted molar refractivity (Wildman–Crippen MR) is 570 cm³/mol. The number of rotatable bonds is 13. The molecule has 0 aliphatic rings. The minimum absolute atomic E-state index is 0.895. The lowest BCUT2D eigenvalue weighted by Gasteiger charge is -2.27. The zero-order chi connectivity index (χ0) is 88.2. The number of halogens is 1. The van der Waals surface area contributed by atoms with E-state index < -0.39 is 0 Å². The van der Waals surface area contributed by atoms with Gasteiger partial charge in [0.25, 0.3) is 0 Å². The number of hydrogen-bond acceptors (Lipinski definition) is 4. The van der Waals surface area contributed by atoms with Crippen LogP contribution in [0.3, 0.4) is 0 Å². The Bertz CT molecular complexity index is 8680. The van der Waals surface area contributed by atoms with E-state index in [4.69, 9.17) is 8.83 Å². The highest BCUT2D eigenvalue weighted by Crippen LogP contribution is 2.48. The number of fused-ring (bicyclic) bond motifs is 18. The summed E-state index contributed by atoms with van der Waals surface area (Å²) in [6.45, 7) is 0. The summed E-state index contributed by atoms with van der Waals surface area (Å²) in [4.78, 5) is 2.40. The summed E-state index contributed by atoms with van der Waals surface area (Å²) in [5.41, 5.74) is 27.7. The van der Waals surface area contributed by atoms with Crippen LogP contribution in [0.25, 0.3) is 219 Å². The molecule has 0 saturated carbocycles. The normalized spacial score (nSPS) is 11.5. The Morgan fingerprint density at radius 1 is 0.158 bits per heavy atom. The molecule has 133 heavy (non-hydrogen) atoms. The highest BCUT2D eigenvalue weighted by Gasteiger charge is 2.23. The average Bonchev–Trinajstić information content (AvgIpc) is 1.22. The van der Waals surface area contributed by atoms with Gasteiger partial charge in [0.1, 0.15) is 22.3 Å². The molecule has 2 heterocycles. The second-order valence-electron chi connectivity index (χ2n) is 34.2. The lowest BCUT2D eigenvalue weighted by Crippen LogP contribution is -2.10. The monoisotopic (exact) mass is 1760 g/mol. The number of benzene rings is 24. The Labute approximate surface area is 778 Å². The molecule has 26 rings (SSSR count). The number of nitrogens with zero attached hydrogens (tertiary/aromatic N) is 1. The molecule has 0 atom stereocenters. The van der Waals surface area contributed by atoms with Crippen LogP contribution in [0.1, 0.15) is 0 Å². The third-order valence-corrected chi connectivity index (χ3v) is 26.9. The molecule has 0 spiro atoms. The Morgan fingerprint density at radius 3 is 0.722 bits per heavy atom. The highest BCUT2D eigenvalue weighted by atomic mass is 79.9. The first-order chi connectivity index (χ1) is 65.9. The minimum Gasteiger partial charge on any atom is -0.455 e. The third kappa shape index (κ3) is 14.8. The Morgan fingerprint density at radius 2 is 0.398 bits per heavy atom. The van der Waals surface area contributed by atoms with Gasteiger partial charge in [0.05, 0.1) is 0 Å². The molecule has 0 fully saturated rings. The maximum absolute atomic E-state index is 6.85. The molecular weight excluding hydrogens is 1680 g/mol. The minimum atomic E-state index is 0.895. The van der Waals surface area contributed by atoms with Gasteiger partial charge in [-0.1, -0.05) is 416 Å². The van der Waals surface area contributed by atoms with E-state index >= 15 is 0 Å². The molecule has 0 radical (unpaired) electrons. The molecule has 0 amide bonds. The molecule has 0 bridgehead atoms. The fourth-order valence-corrected chi connectivity index (χ4v) is 20.4. The molecule has 4 nitrogen and oxygen atoms in total. The van der Waals surface area contributed by atoms with E-state index in [2.05, 4.69) is 518 Å². The van der Waals surface area contributed by atoms with E-state index in [9.17, 15) is 0 Å². The number of nitrogens with one attached hydrogen (secondary N) is 1. The van der Waals surface area contributed by atoms with Crippen molar-refractivity contribution in [2.75, 3.05) is 10.2 Å². The van der Waals surface area contributed by atoms with Gasteiger partial charge in [0, 0.05) is 76.7 Å². The molecular formula is C128H83BrN2O2. The first kappa shape index (κ1) is 79.4. The van der Waals surface area contributed by atoms with E-state index in [1.54, 1.807) is 0 Å². The third-order valence-electron chi connectivity index (χ3n) is 26.3. The van der Waals surface area contributed by atoms with Crippen LogP contribution in [0.15, 0.2) is 511 Å². The molecule has 24 aromatic carbocycles. The van der Waals surface area contributed by atoms with Crippen molar-refractivity contribution in [1.82, 2.24) is 0 Å². The first-order valence-electron chi connectivity index (χ1n) is 45.3. The van der Waals surface area contributed by atoms with E-state index in [0.717, 1.165) is 116 Å². The maximum atomic E-state index is 6.85. The number of para-hydroxylation sites is 4. The summed E-state index contributed by atoms with van der Waals surface area (Å²) in [5.74, 6) is 0. The van der Waals surface area contributed by atoms with Crippen LogP contribution in [-0.2, 0) is 0 Å². The van der Waals surface area contributed by atoms with Gasteiger partial charge in [0.15, 0.2) is 0 Å². The molecule has 5 heteroatoms. The van der Waals surface area contributed by atoms with Gasteiger partial charge < -0.3 is 19.1 Å². The molecule has 26 aromatic rings. The number of furan rings is 2. The van der Waals surface area contributed by atoms with Crippen LogP contribution in [0.5, 0.6) is 0 Å². The predicted octanol–water partition coefficient (Wildman–Crippen LogP) is 37.4. The fraction of sp³-hybridized carbons (Fsp3) is 0. The van der Waals surface area contributed by atoms with Crippen molar-refractivity contribution < 1.29 is 8.83 Å². The molecule has 624 valence electrons. The van der Waals surface area contributed by atoms with Crippen LogP contribution < -0.4 is 10.2 Å². The smallest absolute Gasteiger partial charge is 0.143 e. The average molecular weight is 1760 g/mol. The highest BCUT2D eigenvalue weighted by molar-refractivity contribution is 9.10. The summed E-state index contributed by atoms with van der Waals surface area (Å²) in [5, 5.41) is 28.4. The van der Waals surface area contributed by atoms with Gasteiger partial charge >= 0.3 is 0 Å². The van der Waals surface area contributed by atoms with E-state index in [-0.39, 0.29) is 0 Å². The molecule has 0 aliphatic heterocycles. The largest absolute Gasteiger partial charge is 0.455 e. The van der Waals surface area contributed by atoms with Crippen LogP contribution in [0.4, 0.5) is 28.4 Å². The van der Waals surface area contributed by atoms with Crippen molar-refractivity contribution in [2.24, 2.45) is 0 Å². The number of hydrogen-bond donors (Lipinski definition) is 1. The Balaban J connectivity index is 0.000000123. The topological polar surface area (TPSA) is 41.6 Å². The van der Waals surface area contributed by atoms with Gasteiger partial charge in [-0.3, -0.25) is 0 Å². The molecule has 2 aromatic heterocycles. The van der Waals surface area contributed by atoms with Gasteiger partial charge in [-0.15, -0.1) is 0 Å². The second-order valence-corrected chi connectivity index (χ2v) is 35.1. The van der Waals surface area contributed by atoms with Crippen molar-refractivity contribution >= 4 is 174 Å². The summed E-state index contributed by atoms with van der Waals surface area (Å²) in [7, 11) is 0. The van der Waals surface area contributed by atoms with Gasteiger partial charge in [-0.25, -0.2) is 0 Å². The Hall–Kier alpha value is -17.0. The van der Waals surface area contributed by atoms with Crippen molar-refractivity contribution in [2.45, 2.75) is 0 Å². The molecule has 0 unspecified atom stereocenters. The van der Waals surface area contributed by atoms with E-state index in [1.165, 1.54) is 136 Å². The quantitative estimate of drug-likeness (QED) is 0.117. The summed E-state index contributed by atoms with van der Waals surface area (Å²) in [6, 6.07) is 179. The van der Waals surface area contributed by atoms with Crippen LogP contribution >= 0.6 is 15.9 Å². The Kier molecular flexibility index (Phi) is 20.4. The van der Waals surface area contributed by atoms with Crippen molar-refractivity contribution in [3.63, 3.8) is 0 Å². The van der Waals surface area contributed by atoms with E-state index in [1.807, 2.05) is 6.07 Å². The number of anilines is 5. The SMILES string of the molecule is Brc1ccc(-c2cccc3c2oc2c(-c4ccccc4)cccc23)cc1.c1cc(Nc2cccc(-c3cc4ccccc4c4ccccc34)c2)cc(-c2cc3ccccc3c3ccccc23)c1.c1ccc(-c2cccc3c2oc2c(-c4ccc(N(c5cccc(-c6cc7ccccc7c7ccccc67)c5)c5cccc(-c6cc7ccccc7c7ccccc67)c5)cc4)cccc23)cc1. The fourth-order valence-electron chi connectivity index (χ4n) is 20.1. The second kappa shape index (κ2) is 34.2. The van der Waals surface area contributed by atoms with E-state index in [0.29, 0.717) is 0 Å².